The van der Waals surface area contributed by atoms with Gasteiger partial charge in [-0.25, -0.2) is 8.78 Å². The maximum atomic E-state index is 13.1. The Labute approximate surface area is 184 Å². The second-order valence-corrected chi connectivity index (χ2v) is 7.12. The molecule has 0 aliphatic rings. The SMILES string of the molecule is CC(C(=O)O)C(=O)Nc1cccc(F)c1Cl.Cc1c(O)c2ccc(F)c(Cl)c2[nH]c1=O. The highest BCUT2D eigenvalue weighted by atomic mass is 35.5. The van der Waals surface area contributed by atoms with Gasteiger partial charge in [0.1, 0.15) is 28.3 Å². The number of hydrogen-bond donors (Lipinski definition) is 4. The number of pyridine rings is 1. The van der Waals surface area contributed by atoms with Crippen molar-refractivity contribution in [2.24, 2.45) is 5.92 Å². The third-order valence-corrected chi connectivity index (χ3v) is 5.01. The van der Waals surface area contributed by atoms with Crippen molar-refractivity contribution < 1.29 is 28.6 Å². The van der Waals surface area contributed by atoms with Gasteiger partial charge in [-0.3, -0.25) is 14.4 Å². The van der Waals surface area contributed by atoms with E-state index in [1.54, 1.807) is 0 Å². The standard InChI is InChI=1S/C10H9ClFNO3.C10H7ClFNO2/c1-5(10(15)16)9(14)13-7-4-2-3-6(12)8(7)11;1-4-9(14)5-2-3-6(12)7(11)8(5)13-10(4)15/h2-5H,1H3,(H,13,14)(H,15,16);2-3H,1H3,(H2,13,14,15). The molecular formula is C20H16Cl2F2N2O5. The van der Waals surface area contributed by atoms with Gasteiger partial charge in [-0.05, 0) is 38.1 Å². The number of aliphatic carboxylic acids is 1. The van der Waals surface area contributed by atoms with E-state index in [9.17, 15) is 28.3 Å². The Bertz CT molecular complexity index is 1230. The summed E-state index contributed by atoms with van der Waals surface area (Å²) in [6.45, 7) is 2.70. The largest absolute Gasteiger partial charge is 0.507 e. The predicted molar refractivity (Wildman–Crippen MR) is 113 cm³/mol. The molecule has 2 aromatic carbocycles. The normalized spacial score (nSPS) is 11.4. The quantitative estimate of drug-likeness (QED) is 0.419. The fourth-order valence-electron chi connectivity index (χ4n) is 2.34. The van der Waals surface area contributed by atoms with Gasteiger partial charge in [-0.15, -0.1) is 0 Å². The van der Waals surface area contributed by atoms with Gasteiger partial charge in [0.15, 0.2) is 0 Å². The predicted octanol–water partition coefficient (Wildman–Crippen LogP) is 4.47. The monoisotopic (exact) mass is 472 g/mol. The van der Waals surface area contributed by atoms with Crippen LogP contribution in [0.15, 0.2) is 35.1 Å². The van der Waals surface area contributed by atoms with E-state index in [2.05, 4.69) is 10.3 Å². The molecule has 0 fully saturated rings. The van der Waals surface area contributed by atoms with Crippen LogP contribution in [0.5, 0.6) is 5.75 Å². The van der Waals surface area contributed by atoms with Gasteiger partial charge in [0, 0.05) is 5.39 Å². The molecule has 164 valence electrons. The van der Waals surface area contributed by atoms with Gasteiger partial charge < -0.3 is 20.5 Å². The van der Waals surface area contributed by atoms with Crippen LogP contribution in [-0.4, -0.2) is 27.1 Å². The average Bonchev–Trinajstić information content (AvgIpc) is 2.72. The average molecular weight is 473 g/mol. The minimum atomic E-state index is -1.26. The molecule has 1 heterocycles. The number of anilines is 1. The van der Waals surface area contributed by atoms with Crippen molar-refractivity contribution in [1.29, 1.82) is 0 Å². The van der Waals surface area contributed by atoms with E-state index in [4.69, 9.17) is 28.3 Å². The van der Waals surface area contributed by atoms with Crippen LogP contribution >= 0.6 is 23.2 Å². The maximum Gasteiger partial charge on any atom is 0.315 e. The summed E-state index contributed by atoms with van der Waals surface area (Å²) in [6.07, 6.45) is 0. The minimum absolute atomic E-state index is 0.0553. The summed E-state index contributed by atoms with van der Waals surface area (Å²) < 4.78 is 26.1. The number of carboxylic acids is 1. The molecule has 0 spiro atoms. The number of fused-ring (bicyclic) bond motifs is 1. The molecule has 0 aliphatic carbocycles. The van der Waals surface area contributed by atoms with E-state index < -0.39 is 35.0 Å². The van der Waals surface area contributed by atoms with Crippen molar-refractivity contribution in [3.05, 3.63) is 67.9 Å². The Hall–Kier alpha value is -3.17. The first-order valence-electron chi connectivity index (χ1n) is 8.62. The highest BCUT2D eigenvalue weighted by Gasteiger charge is 2.21. The van der Waals surface area contributed by atoms with E-state index in [1.165, 1.54) is 32.0 Å². The molecule has 0 saturated carbocycles. The molecule has 0 aliphatic heterocycles. The Kier molecular flexibility index (Phi) is 7.59. The first-order valence-corrected chi connectivity index (χ1v) is 9.38. The third-order valence-electron chi connectivity index (χ3n) is 4.26. The number of amides is 1. The lowest BCUT2D eigenvalue weighted by atomic mass is 10.1. The number of carbonyl (C=O) groups is 2. The van der Waals surface area contributed by atoms with Crippen molar-refractivity contribution >= 4 is 51.7 Å². The lowest BCUT2D eigenvalue weighted by Crippen LogP contribution is -2.27. The number of hydrogen-bond acceptors (Lipinski definition) is 4. The molecule has 0 bridgehead atoms. The van der Waals surface area contributed by atoms with Crippen molar-refractivity contribution in [3.63, 3.8) is 0 Å². The van der Waals surface area contributed by atoms with Gasteiger partial charge in [0.2, 0.25) is 5.91 Å². The Morgan fingerprint density at radius 1 is 1.10 bits per heavy atom. The van der Waals surface area contributed by atoms with Crippen molar-refractivity contribution in [3.8, 4) is 5.75 Å². The molecule has 3 aromatic rings. The number of halogens is 4. The Balaban J connectivity index is 0.000000220. The number of carboxylic acid groups (broad SMARTS) is 1. The van der Waals surface area contributed by atoms with Gasteiger partial charge in [-0.1, -0.05) is 29.3 Å². The highest BCUT2D eigenvalue weighted by Crippen LogP contribution is 2.30. The van der Waals surface area contributed by atoms with E-state index in [0.717, 1.165) is 12.1 Å². The summed E-state index contributed by atoms with van der Waals surface area (Å²) >= 11 is 11.3. The van der Waals surface area contributed by atoms with Crippen LogP contribution in [0.4, 0.5) is 14.5 Å². The molecule has 11 heteroatoms. The van der Waals surface area contributed by atoms with Crippen LogP contribution in [0, 0.1) is 24.5 Å². The van der Waals surface area contributed by atoms with Crippen LogP contribution in [0.3, 0.4) is 0 Å². The summed E-state index contributed by atoms with van der Waals surface area (Å²) in [4.78, 5) is 35.6. The molecule has 1 amide bonds. The van der Waals surface area contributed by atoms with Crippen LogP contribution in [0.25, 0.3) is 10.9 Å². The summed E-state index contributed by atoms with van der Waals surface area (Å²) in [5.41, 5.74) is -0.123. The number of aromatic hydroxyl groups is 1. The maximum absolute atomic E-state index is 13.1. The first-order chi connectivity index (χ1) is 14.5. The molecular weight excluding hydrogens is 457 g/mol. The first kappa shape index (κ1) is 24.1. The van der Waals surface area contributed by atoms with Gasteiger partial charge in [0.05, 0.1) is 21.8 Å². The van der Waals surface area contributed by atoms with E-state index in [-0.39, 0.29) is 32.6 Å². The molecule has 31 heavy (non-hydrogen) atoms. The fraction of sp³-hybridized carbons (Fsp3) is 0.150. The molecule has 1 aromatic heterocycles. The van der Waals surface area contributed by atoms with Crippen LogP contribution in [0.2, 0.25) is 10.0 Å². The molecule has 3 rings (SSSR count). The summed E-state index contributed by atoms with van der Waals surface area (Å²) in [5.74, 6) is -4.72. The van der Waals surface area contributed by atoms with E-state index in [0.29, 0.717) is 5.39 Å². The fourth-order valence-corrected chi connectivity index (χ4v) is 2.73. The number of benzene rings is 2. The second kappa shape index (κ2) is 9.76. The number of aromatic nitrogens is 1. The zero-order chi connectivity index (χ0) is 23.5. The van der Waals surface area contributed by atoms with E-state index in [1.807, 2.05) is 0 Å². The van der Waals surface area contributed by atoms with Crippen LogP contribution in [0.1, 0.15) is 12.5 Å². The third kappa shape index (κ3) is 5.31. The van der Waals surface area contributed by atoms with Gasteiger partial charge in [0.25, 0.3) is 5.56 Å². The van der Waals surface area contributed by atoms with Crippen LogP contribution in [-0.2, 0) is 9.59 Å². The summed E-state index contributed by atoms with van der Waals surface area (Å²) in [7, 11) is 0. The number of nitrogens with one attached hydrogen (secondary N) is 2. The molecule has 4 N–H and O–H groups in total. The molecule has 7 nitrogen and oxygen atoms in total. The minimum Gasteiger partial charge on any atom is -0.507 e. The number of rotatable bonds is 3. The Morgan fingerprint density at radius 3 is 2.32 bits per heavy atom. The molecule has 1 atom stereocenters. The number of aromatic amines is 1. The van der Waals surface area contributed by atoms with Crippen molar-refractivity contribution in [2.45, 2.75) is 13.8 Å². The zero-order valence-corrected chi connectivity index (χ0v) is 17.6. The Morgan fingerprint density at radius 2 is 1.71 bits per heavy atom. The van der Waals surface area contributed by atoms with E-state index >= 15 is 0 Å². The smallest absolute Gasteiger partial charge is 0.315 e. The van der Waals surface area contributed by atoms with Crippen LogP contribution < -0.4 is 10.9 Å². The highest BCUT2D eigenvalue weighted by molar-refractivity contribution is 6.35. The molecule has 1 unspecified atom stereocenters. The summed E-state index contributed by atoms with van der Waals surface area (Å²) in [5, 5.41) is 20.4. The number of H-pyrrole nitrogens is 1. The lowest BCUT2D eigenvalue weighted by Gasteiger charge is -2.09. The second-order valence-electron chi connectivity index (χ2n) is 6.36. The zero-order valence-electron chi connectivity index (χ0n) is 16.1. The molecule has 0 saturated heterocycles. The topological polar surface area (TPSA) is 119 Å². The molecule has 0 radical (unpaired) electrons. The van der Waals surface area contributed by atoms with Crippen molar-refractivity contribution in [2.75, 3.05) is 5.32 Å². The summed E-state index contributed by atoms with van der Waals surface area (Å²) in [6, 6.07) is 6.40. The lowest BCUT2D eigenvalue weighted by molar-refractivity contribution is -0.144. The van der Waals surface area contributed by atoms with Gasteiger partial charge >= 0.3 is 5.97 Å². The number of carbonyl (C=O) groups excluding carboxylic acids is 1. The van der Waals surface area contributed by atoms with Crippen molar-refractivity contribution in [1.82, 2.24) is 4.98 Å². The van der Waals surface area contributed by atoms with Gasteiger partial charge in [-0.2, -0.15) is 0 Å².